The maximum absolute atomic E-state index is 14.2. The van der Waals surface area contributed by atoms with E-state index >= 15 is 0 Å². The average molecular weight is 506 g/mol. The Morgan fingerprint density at radius 2 is 1.92 bits per heavy atom. The van der Waals surface area contributed by atoms with Gasteiger partial charge >= 0.3 is 0 Å². The van der Waals surface area contributed by atoms with E-state index in [0.717, 1.165) is 42.0 Å². The average Bonchev–Trinajstić information content (AvgIpc) is 3.52. The standard InChI is InChI=1S/C29H33F2N5O/c1-17(32-14-18-5-3-6-18)21-12-23(27(30)31)25-15-36(29(37)24(25)13-21)22-8-4-7-20(11-22)26(19-9-10-19)28-34-33-16-35(28)2/h4,7-8,11-13,16-19,26-27,32H,3,5-6,9-10,14-15H2,1-2H3/t17-,26+/m1/s1. The van der Waals surface area contributed by atoms with E-state index in [1.54, 1.807) is 17.3 Å². The first-order valence-corrected chi connectivity index (χ1v) is 13.3. The number of aryl methyl sites for hydroxylation is 1. The Morgan fingerprint density at radius 3 is 2.57 bits per heavy atom. The number of carbonyl (C=O) groups is 1. The number of hydrogen-bond acceptors (Lipinski definition) is 4. The molecule has 1 N–H and O–H groups in total. The van der Waals surface area contributed by atoms with E-state index in [0.29, 0.717) is 23.0 Å². The molecule has 3 aliphatic rings. The van der Waals surface area contributed by atoms with Gasteiger partial charge in [-0.2, -0.15) is 0 Å². The first-order valence-electron chi connectivity index (χ1n) is 13.3. The normalized spacial score (nSPS) is 19.3. The summed E-state index contributed by atoms with van der Waals surface area (Å²) in [5.74, 6) is 1.94. The van der Waals surface area contributed by atoms with E-state index in [4.69, 9.17) is 0 Å². The van der Waals surface area contributed by atoms with Crippen LogP contribution in [0.2, 0.25) is 0 Å². The summed E-state index contributed by atoms with van der Waals surface area (Å²) in [6.45, 7) is 3.02. The molecule has 1 amide bonds. The highest BCUT2D eigenvalue weighted by atomic mass is 19.3. The summed E-state index contributed by atoms with van der Waals surface area (Å²) in [6.07, 6.45) is 5.03. The van der Waals surface area contributed by atoms with Crippen molar-refractivity contribution < 1.29 is 13.6 Å². The van der Waals surface area contributed by atoms with Gasteiger partial charge in [-0.05, 0) is 91.9 Å². The Bertz CT molecular complexity index is 1310. The molecule has 0 unspecified atom stereocenters. The number of nitrogens with zero attached hydrogens (tertiary/aromatic N) is 4. The minimum absolute atomic E-state index is 0.0354. The van der Waals surface area contributed by atoms with Crippen molar-refractivity contribution in [1.82, 2.24) is 20.1 Å². The molecule has 6 rings (SSSR count). The molecule has 1 aromatic heterocycles. The Morgan fingerprint density at radius 1 is 1.11 bits per heavy atom. The minimum atomic E-state index is -2.64. The van der Waals surface area contributed by atoms with Crippen LogP contribution in [0.3, 0.4) is 0 Å². The zero-order valence-corrected chi connectivity index (χ0v) is 21.3. The molecule has 0 spiro atoms. The molecule has 2 heterocycles. The molecule has 2 aliphatic carbocycles. The third-order valence-corrected chi connectivity index (χ3v) is 8.43. The van der Waals surface area contributed by atoms with E-state index in [2.05, 4.69) is 21.6 Å². The number of anilines is 1. The van der Waals surface area contributed by atoms with Crippen molar-refractivity contribution in [3.63, 3.8) is 0 Å². The number of amides is 1. The molecule has 2 saturated carbocycles. The Balaban J connectivity index is 1.30. The maximum atomic E-state index is 14.2. The highest BCUT2D eigenvalue weighted by Gasteiger charge is 2.38. The van der Waals surface area contributed by atoms with Crippen molar-refractivity contribution in [2.24, 2.45) is 18.9 Å². The van der Waals surface area contributed by atoms with Crippen LogP contribution in [-0.2, 0) is 13.6 Å². The second-order valence-electron chi connectivity index (χ2n) is 11.0. The van der Waals surface area contributed by atoms with Crippen LogP contribution >= 0.6 is 0 Å². The number of nitrogens with one attached hydrogen (secondary N) is 1. The van der Waals surface area contributed by atoms with Crippen molar-refractivity contribution in [2.45, 2.75) is 64.0 Å². The maximum Gasteiger partial charge on any atom is 0.264 e. The molecule has 6 nitrogen and oxygen atoms in total. The molecule has 3 aromatic rings. The summed E-state index contributed by atoms with van der Waals surface area (Å²) in [5.41, 5.74) is 3.34. The quantitative estimate of drug-likeness (QED) is 0.393. The van der Waals surface area contributed by atoms with E-state index in [9.17, 15) is 13.6 Å². The zero-order chi connectivity index (χ0) is 25.7. The van der Waals surface area contributed by atoms with Gasteiger partial charge in [-0.25, -0.2) is 8.78 Å². The lowest BCUT2D eigenvalue weighted by Crippen LogP contribution is -2.29. The van der Waals surface area contributed by atoms with Crippen LogP contribution in [0.5, 0.6) is 0 Å². The van der Waals surface area contributed by atoms with Gasteiger partial charge in [0, 0.05) is 35.8 Å². The molecule has 0 saturated heterocycles. The van der Waals surface area contributed by atoms with Gasteiger partial charge in [0.15, 0.2) is 0 Å². The number of hydrogen-bond donors (Lipinski definition) is 1. The van der Waals surface area contributed by atoms with Gasteiger partial charge in [0.1, 0.15) is 12.2 Å². The van der Waals surface area contributed by atoms with Gasteiger partial charge < -0.3 is 14.8 Å². The Hall–Kier alpha value is -3.13. The van der Waals surface area contributed by atoms with Crippen LogP contribution in [0.1, 0.15) is 95.8 Å². The molecule has 2 fully saturated rings. The highest BCUT2D eigenvalue weighted by molar-refractivity contribution is 6.10. The summed E-state index contributed by atoms with van der Waals surface area (Å²) in [4.78, 5) is 15.2. The summed E-state index contributed by atoms with van der Waals surface area (Å²) in [6, 6.07) is 11.2. The molecular weight excluding hydrogens is 472 g/mol. The summed E-state index contributed by atoms with van der Waals surface area (Å²) in [7, 11) is 1.95. The van der Waals surface area contributed by atoms with Gasteiger partial charge in [-0.1, -0.05) is 18.6 Å². The summed E-state index contributed by atoms with van der Waals surface area (Å²) in [5, 5.41) is 11.9. The SMILES string of the molecule is C[C@@H](NCC1CCC1)c1cc2c(c(C(F)F)c1)CN(c1cccc([C@@H](c3nncn3C)C3CC3)c1)C2=O. The number of fused-ring (bicyclic) bond motifs is 1. The van der Waals surface area contributed by atoms with Crippen molar-refractivity contribution in [1.29, 1.82) is 0 Å². The fourth-order valence-corrected chi connectivity index (χ4v) is 5.79. The van der Waals surface area contributed by atoms with E-state index in [-0.39, 0.29) is 30.0 Å². The second kappa shape index (κ2) is 9.63. The fraction of sp³-hybridized carbons (Fsp3) is 0.483. The molecule has 0 radical (unpaired) electrons. The van der Waals surface area contributed by atoms with Crippen LogP contribution in [0.25, 0.3) is 0 Å². The van der Waals surface area contributed by atoms with Crippen molar-refractivity contribution in [2.75, 3.05) is 11.4 Å². The molecule has 194 valence electrons. The van der Waals surface area contributed by atoms with Crippen molar-refractivity contribution in [3.05, 3.63) is 76.4 Å². The molecular formula is C29H33F2N5O. The zero-order valence-electron chi connectivity index (χ0n) is 21.3. The number of alkyl halides is 2. The van der Waals surface area contributed by atoms with Crippen LogP contribution in [0.15, 0.2) is 42.7 Å². The van der Waals surface area contributed by atoms with Gasteiger partial charge in [-0.3, -0.25) is 4.79 Å². The van der Waals surface area contributed by atoms with Crippen LogP contribution in [-0.4, -0.2) is 27.2 Å². The van der Waals surface area contributed by atoms with Gasteiger partial charge in [-0.15, -0.1) is 10.2 Å². The monoisotopic (exact) mass is 505 g/mol. The first-order chi connectivity index (χ1) is 17.9. The first kappa shape index (κ1) is 24.2. The number of benzene rings is 2. The molecule has 37 heavy (non-hydrogen) atoms. The van der Waals surface area contributed by atoms with Crippen LogP contribution in [0.4, 0.5) is 14.5 Å². The summed E-state index contributed by atoms with van der Waals surface area (Å²) >= 11 is 0. The molecule has 1 aliphatic heterocycles. The van der Waals surface area contributed by atoms with Crippen molar-refractivity contribution in [3.8, 4) is 0 Å². The number of rotatable bonds is 9. The van der Waals surface area contributed by atoms with Crippen LogP contribution in [0, 0.1) is 11.8 Å². The Kier molecular flexibility index (Phi) is 6.31. The number of aromatic nitrogens is 3. The number of carbonyl (C=O) groups excluding carboxylic acids is 1. The third-order valence-electron chi connectivity index (χ3n) is 8.43. The highest BCUT2D eigenvalue weighted by Crippen LogP contribution is 2.46. The summed E-state index contributed by atoms with van der Waals surface area (Å²) < 4.78 is 30.3. The van der Waals surface area contributed by atoms with Gasteiger partial charge in [0.25, 0.3) is 12.3 Å². The molecule has 0 bridgehead atoms. The van der Waals surface area contributed by atoms with E-state index in [1.807, 2.05) is 42.8 Å². The minimum Gasteiger partial charge on any atom is -0.320 e. The molecule has 8 heteroatoms. The molecule has 2 atom stereocenters. The fourth-order valence-electron chi connectivity index (χ4n) is 5.79. The lowest BCUT2D eigenvalue weighted by atomic mass is 9.85. The lowest BCUT2D eigenvalue weighted by molar-refractivity contribution is 0.0996. The largest absolute Gasteiger partial charge is 0.320 e. The van der Waals surface area contributed by atoms with Crippen molar-refractivity contribution >= 4 is 11.6 Å². The van der Waals surface area contributed by atoms with E-state index < -0.39 is 6.43 Å². The topological polar surface area (TPSA) is 63.0 Å². The van der Waals surface area contributed by atoms with E-state index in [1.165, 1.54) is 19.3 Å². The van der Waals surface area contributed by atoms with Gasteiger partial charge in [0.05, 0.1) is 6.54 Å². The third kappa shape index (κ3) is 4.56. The number of halogens is 2. The predicted octanol–water partition coefficient (Wildman–Crippen LogP) is 5.91. The molecule has 2 aromatic carbocycles. The van der Waals surface area contributed by atoms with Gasteiger partial charge in [0.2, 0.25) is 0 Å². The smallest absolute Gasteiger partial charge is 0.264 e. The second-order valence-corrected chi connectivity index (χ2v) is 11.0. The Labute approximate surface area is 216 Å². The van der Waals surface area contributed by atoms with Crippen LogP contribution < -0.4 is 10.2 Å². The predicted molar refractivity (Wildman–Crippen MR) is 138 cm³/mol. The lowest BCUT2D eigenvalue weighted by Gasteiger charge is -2.27.